The van der Waals surface area contributed by atoms with Crippen molar-refractivity contribution in [3.8, 4) is 0 Å². The van der Waals surface area contributed by atoms with Gasteiger partial charge in [-0.05, 0) is 30.6 Å². The van der Waals surface area contributed by atoms with Crippen LogP contribution < -0.4 is 0 Å². The minimum atomic E-state index is 0.990. The van der Waals surface area contributed by atoms with Crippen LogP contribution in [0.15, 0.2) is 12.2 Å². The van der Waals surface area contributed by atoms with Crippen molar-refractivity contribution in [2.24, 2.45) is 17.8 Å². The fraction of sp³-hybridized carbons (Fsp3) is 0.750. The maximum Gasteiger partial charge on any atom is -0.0174 e. The van der Waals surface area contributed by atoms with E-state index in [1.807, 2.05) is 0 Å². The molecule has 2 aliphatic rings. The highest BCUT2D eigenvalue weighted by Gasteiger charge is 2.44. The summed E-state index contributed by atoms with van der Waals surface area (Å²) in [6, 6.07) is 0. The van der Waals surface area contributed by atoms with E-state index < -0.39 is 0 Å². The van der Waals surface area contributed by atoms with Crippen LogP contribution in [0.5, 0.6) is 0 Å². The molecule has 8 heavy (non-hydrogen) atoms. The fourth-order valence-electron chi connectivity index (χ4n) is 1.89. The van der Waals surface area contributed by atoms with E-state index in [4.69, 9.17) is 0 Å². The van der Waals surface area contributed by atoms with Crippen LogP contribution in [0.1, 0.15) is 19.8 Å². The number of fused-ring (bicyclic) bond motifs is 1. The van der Waals surface area contributed by atoms with Gasteiger partial charge in [-0.1, -0.05) is 19.1 Å². The molecular formula is C8H12. The molecule has 0 bridgehead atoms. The molecular weight excluding hydrogens is 96.1 g/mol. The molecule has 0 heteroatoms. The third-order valence-corrected chi connectivity index (χ3v) is 2.66. The Bertz CT molecular complexity index is 124. The Morgan fingerprint density at radius 2 is 2.38 bits per heavy atom. The van der Waals surface area contributed by atoms with Gasteiger partial charge in [0.25, 0.3) is 0 Å². The molecule has 0 amide bonds. The molecule has 1 fully saturated rings. The van der Waals surface area contributed by atoms with Crippen molar-refractivity contribution in [1.82, 2.24) is 0 Å². The first-order valence-corrected chi connectivity index (χ1v) is 3.56. The van der Waals surface area contributed by atoms with E-state index in [1.54, 1.807) is 0 Å². The van der Waals surface area contributed by atoms with Crippen molar-refractivity contribution >= 4 is 0 Å². The molecule has 0 N–H and O–H groups in total. The Balaban J connectivity index is 2.12. The zero-order valence-electron chi connectivity index (χ0n) is 5.30. The molecule has 1 saturated carbocycles. The van der Waals surface area contributed by atoms with Crippen LogP contribution in [0, 0.1) is 17.8 Å². The first-order chi connectivity index (χ1) is 3.89. The average Bonchev–Trinajstić information content (AvgIpc) is 2.46. The van der Waals surface area contributed by atoms with Gasteiger partial charge in [0.2, 0.25) is 0 Å². The van der Waals surface area contributed by atoms with Gasteiger partial charge in [-0.15, -0.1) is 0 Å². The number of hydrogen-bond acceptors (Lipinski definition) is 0. The largest absolute Gasteiger partial charge is 0.0882 e. The predicted molar refractivity (Wildman–Crippen MR) is 34.5 cm³/mol. The first kappa shape index (κ1) is 4.60. The van der Waals surface area contributed by atoms with Gasteiger partial charge in [0.1, 0.15) is 0 Å². The van der Waals surface area contributed by atoms with Gasteiger partial charge in [0.05, 0.1) is 0 Å². The van der Waals surface area contributed by atoms with Gasteiger partial charge in [0, 0.05) is 0 Å². The van der Waals surface area contributed by atoms with E-state index in [9.17, 15) is 0 Å². The monoisotopic (exact) mass is 108 g/mol. The summed E-state index contributed by atoms with van der Waals surface area (Å²) in [5.41, 5.74) is 0. The van der Waals surface area contributed by atoms with Crippen LogP contribution in [-0.4, -0.2) is 0 Å². The molecule has 2 aliphatic carbocycles. The summed E-state index contributed by atoms with van der Waals surface area (Å²) in [6.07, 6.45) is 7.54. The lowest BCUT2D eigenvalue weighted by Gasteiger charge is -1.96. The zero-order chi connectivity index (χ0) is 5.56. The number of allylic oxidation sites excluding steroid dienone is 2. The summed E-state index contributed by atoms with van der Waals surface area (Å²) in [7, 11) is 0. The summed E-state index contributed by atoms with van der Waals surface area (Å²) >= 11 is 0. The minimum absolute atomic E-state index is 0.990. The molecule has 44 valence electrons. The molecule has 0 spiro atoms. The minimum Gasteiger partial charge on any atom is -0.0882 e. The lowest BCUT2D eigenvalue weighted by atomic mass is 10.1. The van der Waals surface area contributed by atoms with E-state index in [0.29, 0.717) is 0 Å². The first-order valence-electron chi connectivity index (χ1n) is 3.56. The molecule has 0 aromatic heterocycles. The Hall–Kier alpha value is -0.260. The Morgan fingerprint density at radius 1 is 1.50 bits per heavy atom. The lowest BCUT2D eigenvalue weighted by Crippen LogP contribution is -1.83. The highest BCUT2D eigenvalue weighted by Crippen LogP contribution is 2.51. The highest BCUT2D eigenvalue weighted by atomic mass is 14.5. The summed E-state index contributed by atoms with van der Waals surface area (Å²) in [4.78, 5) is 0. The van der Waals surface area contributed by atoms with Crippen molar-refractivity contribution in [3.63, 3.8) is 0 Å². The third-order valence-electron chi connectivity index (χ3n) is 2.66. The zero-order valence-corrected chi connectivity index (χ0v) is 5.30. The maximum atomic E-state index is 2.40. The van der Waals surface area contributed by atoms with Crippen LogP contribution in [0.3, 0.4) is 0 Å². The molecule has 3 unspecified atom stereocenters. The SMILES string of the molecule is CC1C2C=CCCC12. The Morgan fingerprint density at radius 3 is 2.88 bits per heavy atom. The van der Waals surface area contributed by atoms with Crippen molar-refractivity contribution < 1.29 is 0 Å². The molecule has 0 heterocycles. The van der Waals surface area contributed by atoms with E-state index in [-0.39, 0.29) is 0 Å². The molecule has 0 saturated heterocycles. The van der Waals surface area contributed by atoms with Gasteiger partial charge in [0.15, 0.2) is 0 Å². The lowest BCUT2D eigenvalue weighted by molar-refractivity contribution is 0.661. The fourth-order valence-corrected chi connectivity index (χ4v) is 1.89. The van der Waals surface area contributed by atoms with Gasteiger partial charge in [-0.25, -0.2) is 0 Å². The van der Waals surface area contributed by atoms with Crippen molar-refractivity contribution in [3.05, 3.63) is 12.2 Å². The van der Waals surface area contributed by atoms with Gasteiger partial charge < -0.3 is 0 Å². The van der Waals surface area contributed by atoms with Gasteiger partial charge in [-0.2, -0.15) is 0 Å². The van der Waals surface area contributed by atoms with Crippen molar-refractivity contribution in [1.29, 1.82) is 0 Å². The van der Waals surface area contributed by atoms with E-state index in [1.165, 1.54) is 12.8 Å². The predicted octanol–water partition coefficient (Wildman–Crippen LogP) is 2.22. The van der Waals surface area contributed by atoms with Crippen LogP contribution >= 0.6 is 0 Å². The average molecular weight is 108 g/mol. The second-order valence-electron chi connectivity index (χ2n) is 3.11. The Kier molecular flexibility index (Phi) is 0.787. The standard InChI is InChI=1S/C8H12/c1-6-7-4-2-3-5-8(6)7/h2,4,6-8H,3,5H2,1H3. The van der Waals surface area contributed by atoms with E-state index in [2.05, 4.69) is 19.1 Å². The summed E-state index contributed by atoms with van der Waals surface area (Å²) in [5.74, 6) is 3.09. The van der Waals surface area contributed by atoms with Gasteiger partial charge >= 0.3 is 0 Å². The second kappa shape index (κ2) is 1.37. The van der Waals surface area contributed by atoms with Crippen molar-refractivity contribution in [2.45, 2.75) is 19.8 Å². The molecule has 0 radical (unpaired) electrons. The Labute approximate surface area is 50.6 Å². The highest BCUT2D eigenvalue weighted by molar-refractivity contribution is 5.10. The number of rotatable bonds is 0. The summed E-state index contributed by atoms with van der Waals surface area (Å²) in [5, 5.41) is 0. The topological polar surface area (TPSA) is 0 Å². The molecule has 0 aromatic carbocycles. The van der Waals surface area contributed by atoms with Crippen LogP contribution in [-0.2, 0) is 0 Å². The smallest absolute Gasteiger partial charge is 0.0174 e. The molecule has 0 aliphatic heterocycles. The molecule has 2 rings (SSSR count). The van der Waals surface area contributed by atoms with Crippen molar-refractivity contribution in [2.75, 3.05) is 0 Å². The normalized spacial score (nSPS) is 50.9. The summed E-state index contributed by atoms with van der Waals surface area (Å²) < 4.78 is 0. The second-order valence-corrected chi connectivity index (χ2v) is 3.11. The van der Waals surface area contributed by atoms with Crippen LogP contribution in [0.4, 0.5) is 0 Å². The van der Waals surface area contributed by atoms with Gasteiger partial charge in [-0.3, -0.25) is 0 Å². The molecule has 3 atom stereocenters. The van der Waals surface area contributed by atoms with Crippen LogP contribution in [0.25, 0.3) is 0 Å². The van der Waals surface area contributed by atoms with E-state index in [0.717, 1.165) is 17.8 Å². The third kappa shape index (κ3) is 0.460. The molecule has 0 aromatic rings. The summed E-state index contributed by atoms with van der Waals surface area (Å²) in [6.45, 7) is 2.37. The van der Waals surface area contributed by atoms with Crippen LogP contribution in [0.2, 0.25) is 0 Å². The maximum absolute atomic E-state index is 2.40. The quantitative estimate of drug-likeness (QED) is 0.417. The molecule has 0 nitrogen and oxygen atoms in total. The van der Waals surface area contributed by atoms with E-state index >= 15 is 0 Å². The number of hydrogen-bond donors (Lipinski definition) is 0.